The average Bonchev–Trinajstić information content (AvgIpc) is 2.12. The van der Waals surface area contributed by atoms with E-state index in [2.05, 4.69) is 66.9 Å². The molecule has 88 valence electrons. The molecule has 1 aromatic rings. The van der Waals surface area contributed by atoms with Crippen molar-refractivity contribution in [2.45, 2.75) is 39.7 Å². The minimum absolute atomic E-state index is 0.700. The molecule has 0 saturated heterocycles. The zero-order chi connectivity index (χ0) is 11.7. The van der Waals surface area contributed by atoms with Crippen LogP contribution in [-0.2, 0) is 0 Å². The second-order valence-corrected chi connectivity index (χ2v) is 6.52. The van der Waals surface area contributed by atoms with E-state index >= 15 is 0 Å². The van der Waals surface area contributed by atoms with Crippen LogP contribution in [-0.4, -0.2) is 6.04 Å². The van der Waals surface area contributed by atoms with Crippen molar-refractivity contribution in [3.63, 3.8) is 0 Å². The summed E-state index contributed by atoms with van der Waals surface area (Å²) in [6, 6.07) is 7.32. The molecule has 1 aromatic carbocycles. The van der Waals surface area contributed by atoms with Crippen LogP contribution in [0.2, 0.25) is 0 Å². The highest BCUT2D eigenvalue weighted by Crippen LogP contribution is 2.36. The minimum atomic E-state index is 0.700. The van der Waals surface area contributed by atoms with Crippen LogP contribution in [0, 0.1) is 22.3 Å². The first-order valence-electron chi connectivity index (χ1n) is 6.09. The largest absolute Gasteiger partial charge is 0.382 e. The molecule has 1 saturated carbocycles. The predicted molar refractivity (Wildman–Crippen MR) is 78.9 cm³/mol. The molecule has 0 spiro atoms. The summed E-state index contributed by atoms with van der Waals surface area (Å²) in [5.74, 6) is 1.78. The van der Waals surface area contributed by atoms with Crippen molar-refractivity contribution >= 4 is 28.3 Å². The molecule has 1 nitrogen and oxygen atoms in total. The van der Waals surface area contributed by atoms with E-state index in [0.29, 0.717) is 6.04 Å². The highest BCUT2D eigenvalue weighted by atomic mass is 127. The summed E-state index contributed by atoms with van der Waals surface area (Å²) in [7, 11) is 0. The van der Waals surface area contributed by atoms with Gasteiger partial charge < -0.3 is 5.32 Å². The topological polar surface area (TPSA) is 12.0 Å². The Morgan fingerprint density at radius 2 is 2.00 bits per heavy atom. The van der Waals surface area contributed by atoms with Gasteiger partial charge in [0.05, 0.1) is 0 Å². The van der Waals surface area contributed by atoms with Gasteiger partial charge in [-0.05, 0) is 78.0 Å². The SMILES string of the molecule is Cc1cc(I)ccc1NC1CC(C(C)C)C1. The van der Waals surface area contributed by atoms with E-state index < -0.39 is 0 Å². The van der Waals surface area contributed by atoms with Crippen molar-refractivity contribution in [1.29, 1.82) is 0 Å². The lowest BCUT2D eigenvalue weighted by Gasteiger charge is -2.39. The number of hydrogen-bond acceptors (Lipinski definition) is 1. The molecule has 1 aliphatic rings. The molecule has 2 rings (SSSR count). The summed E-state index contributed by atoms with van der Waals surface area (Å²) in [5, 5.41) is 3.66. The van der Waals surface area contributed by atoms with Gasteiger partial charge in [-0.3, -0.25) is 0 Å². The van der Waals surface area contributed by atoms with E-state index in [1.54, 1.807) is 0 Å². The summed E-state index contributed by atoms with van der Waals surface area (Å²) >= 11 is 2.36. The maximum Gasteiger partial charge on any atom is 0.0372 e. The molecule has 1 aliphatic carbocycles. The lowest BCUT2D eigenvalue weighted by atomic mass is 9.73. The number of nitrogens with one attached hydrogen (secondary N) is 1. The zero-order valence-electron chi connectivity index (χ0n) is 10.3. The third-order valence-corrected chi connectivity index (χ3v) is 4.34. The molecule has 1 N–H and O–H groups in total. The number of anilines is 1. The Balaban J connectivity index is 1.91. The number of aryl methyl sites for hydroxylation is 1. The Morgan fingerprint density at radius 1 is 1.31 bits per heavy atom. The fourth-order valence-electron chi connectivity index (χ4n) is 2.33. The first-order valence-corrected chi connectivity index (χ1v) is 7.17. The molecular weight excluding hydrogens is 309 g/mol. The summed E-state index contributed by atoms with van der Waals surface area (Å²) in [4.78, 5) is 0. The number of halogens is 1. The van der Waals surface area contributed by atoms with Gasteiger partial charge in [-0.2, -0.15) is 0 Å². The molecule has 1 fully saturated rings. The van der Waals surface area contributed by atoms with Crippen molar-refractivity contribution in [1.82, 2.24) is 0 Å². The highest BCUT2D eigenvalue weighted by molar-refractivity contribution is 14.1. The maximum absolute atomic E-state index is 3.66. The van der Waals surface area contributed by atoms with Gasteiger partial charge in [0.2, 0.25) is 0 Å². The van der Waals surface area contributed by atoms with E-state index in [9.17, 15) is 0 Å². The second kappa shape index (κ2) is 4.94. The Hall–Kier alpha value is -0.250. The van der Waals surface area contributed by atoms with Crippen LogP contribution in [0.4, 0.5) is 5.69 Å². The highest BCUT2D eigenvalue weighted by Gasteiger charge is 2.31. The van der Waals surface area contributed by atoms with Gasteiger partial charge in [0, 0.05) is 15.3 Å². The van der Waals surface area contributed by atoms with Gasteiger partial charge >= 0.3 is 0 Å². The van der Waals surface area contributed by atoms with Gasteiger partial charge in [0.1, 0.15) is 0 Å². The average molecular weight is 329 g/mol. The summed E-state index contributed by atoms with van der Waals surface area (Å²) in [6.45, 7) is 6.84. The quantitative estimate of drug-likeness (QED) is 0.808. The first-order chi connectivity index (χ1) is 7.56. The van der Waals surface area contributed by atoms with Crippen LogP contribution in [0.5, 0.6) is 0 Å². The summed E-state index contributed by atoms with van der Waals surface area (Å²) < 4.78 is 1.31. The number of hydrogen-bond donors (Lipinski definition) is 1. The number of rotatable bonds is 3. The Kier molecular flexibility index (Phi) is 3.77. The second-order valence-electron chi connectivity index (χ2n) is 5.28. The summed E-state index contributed by atoms with van der Waals surface area (Å²) in [5.41, 5.74) is 2.67. The van der Waals surface area contributed by atoms with Crippen LogP contribution < -0.4 is 5.32 Å². The van der Waals surface area contributed by atoms with Crippen LogP contribution in [0.3, 0.4) is 0 Å². The lowest BCUT2D eigenvalue weighted by molar-refractivity contribution is 0.212. The van der Waals surface area contributed by atoms with E-state index in [0.717, 1.165) is 11.8 Å². The van der Waals surface area contributed by atoms with Gasteiger partial charge in [0.25, 0.3) is 0 Å². The van der Waals surface area contributed by atoms with Crippen molar-refractivity contribution in [3.8, 4) is 0 Å². The Morgan fingerprint density at radius 3 is 2.56 bits per heavy atom. The molecule has 16 heavy (non-hydrogen) atoms. The van der Waals surface area contributed by atoms with Crippen molar-refractivity contribution in [2.24, 2.45) is 11.8 Å². The molecule has 0 bridgehead atoms. The first kappa shape index (κ1) is 12.2. The van der Waals surface area contributed by atoms with Gasteiger partial charge in [-0.1, -0.05) is 13.8 Å². The van der Waals surface area contributed by atoms with Gasteiger partial charge in [0.15, 0.2) is 0 Å². The van der Waals surface area contributed by atoms with Gasteiger partial charge in [-0.25, -0.2) is 0 Å². The zero-order valence-corrected chi connectivity index (χ0v) is 12.4. The monoisotopic (exact) mass is 329 g/mol. The van der Waals surface area contributed by atoms with Gasteiger partial charge in [-0.15, -0.1) is 0 Å². The van der Waals surface area contributed by atoms with E-state index in [1.165, 1.54) is 27.7 Å². The maximum atomic E-state index is 3.66. The fourth-order valence-corrected chi connectivity index (χ4v) is 2.98. The van der Waals surface area contributed by atoms with Crippen molar-refractivity contribution in [3.05, 3.63) is 27.3 Å². The van der Waals surface area contributed by atoms with E-state index in [4.69, 9.17) is 0 Å². The fraction of sp³-hybridized carbons (Fsp3) is 0.571. The van der Waals surface area contributed by atoms with Crippen LogP contribution in [0.25, 0.3) is 0 Å². The molecule has 0 heterocycles. The normalized spacial score (nSPS) is 24.3. The van der Waals surface area contributed by atoms with E-state index in [-0.39, 0.29) is 0 Å². The van der Waals surface area contributed by atoms with Crippen molar-refractivity contribution < 1.29 is 0 Å². The molecule has 0 aromatic heterocycles. The molecule has 0 amide bonds. The smallest absolute Gasteiger partial charge is 0.0372 e. The lowest BCUT2D eigenvalue weighted by Crippen LogP contribution is -2.38. The van der Waals surface area contributed by atoms with Crippen molar-refractivity contribution in [2.75, 3.05) is 5.32 Å². The summed E-state index contributed by atoms with van der Waals surface area (Å²) in [6.07, 6.45) is 2.67. The Labute approximate surface area is 112 Å². The molecular formula is C14H20IN. The Bertz CT molecular complexity index is 367. The molecule has 0 unspecified atom stereocenters. The molecule has 0 atom stereocenters. The molecule has 0 radical (unpaired) electrons. The van der Waals surface area contributed by atoms with Crippen LogP contribution >= 0.6 is 22.6 Å². The standard InChI is InChI=1S/C14H20IN/c1-9(2)11-7-13(8-11)16-14-5-4-12(15)6-10(14)3/h4-6,9,11,13,16H,7-8H2,1-3H3. The predicted octanol–water partition coefficient (Wildman–Crippen LogP) is 4.45. The van der Waals surface area contributed by atoms with Crippen LogP contribution in [0.1, 0.15) is 32.3 Å². The molecule has 0 aliphatic heterocycles. The van der Waals surface area contributed by atoms with Crippen LogP contribution in [0.15, 0.2) is 18.2 Å². The number of benzene rings is 1. The molecule has 2 heteroatoms. The third kappa shape index (κ3) is 2.70. The van der Waals surface area contributed by atoms with E-state index in [1.807, 2.05) is 0 Å². The minimum Gasteiger partial charge on any atom is -0.382 e. The third-order valence-electron chi connectivity index (χ3n) is 3.67.